The van der Waals surface area contributed by atoms with Crippen molar-refractivity contribution in [2.45, 2.75) is 25.4 Å². The number of nitrogens with one attached hydrogen (secondary N) is 2. The second kappa shape index (κ2) is 5.81. The maximum Gasteiger partial charge on any atom is 0.319 e. The van der Waals surface area contributed by atoms with Gasteiger partial charge in [0.1, 0.15) is 0 Å². The van der Waals surface area contributed by atoms with Gasteiger partial charge in [0, 0.05) is 24.8 Å². The lowest BCUT2D eigenvalue weighted by Crippen LogP contribution is -2.57. The van der Waals surface area contributed by atoms with Gasteiger partial charge in [0.25, 0.3) is 0 Å². The molecule has 3 aliphatic rings. The summed E-state index contributed by atoms with van der Waals surface area (Å²) < 4.78 is 0. The first-order valence-corrected chi connectivity index (χ1v) is 7.33. The summed E-state index contributed by atoms with van der Waals surface area (Å²) in [5, 5.41) is 6.01. The molecule has 1 aromatic rings. The molecule has 4 N–H and O–H groups in total. The first-order valence-electron chi connectivity index (χ1n) is 7.33. The van der Waals surface area contributed by atoms with Crippen molar-refractivity contribution in [1.29, 1.82) is 0 Å². The van der Waals surface area contributed by atoms with Crippen LogP contribution in [0.15, 0.2) is 24.3 Å². The maximum absolute atomic E-state index is 12.1. The van der Waals surface area contributed by atoms with Gasteiger partial charge in [-0.15, -0.1) is 0 Å². The second-order valence-corrected chi connectivity index (χ2v) is 5.75. The van der Waals surface area contributed by atoms with Gasteiger partial charge in [-0.2, -0.15) is 0 Å². The van der Waals surface area contributed by atoms with Crippen LogP contribution in [0.4, 0.5) is 10.5 Å². The van der Waals surface area contributed by atoms with Crippen molar-refractivity contribution in [2.75, 3.05) is 25.0 Å². The van der Waals surface area contributed by atoms with Gasteiger partial charge in [0.15, 0.2) is 0 Å². The summed E-state index contributed by atoms with van der Waals surface area (Å²) in [6.45, 7) is 3.84. The Morgan fingerprint density at radius 2 is 2.15 bits per heavy atom. The molecule has 3 aliphatic heterocycles. The van der Waals surface area contributed by atoms with Crippen molar-refractivity contribution < 1.29 is 4.79 Å². The molecule has 3 saturated heterocycles. The number of carbonyl (C=O) groups excluding carboxylic acids is 1. The number of piperidine rings is 3. The van der Waals surface area contributed by atoms with Crippen LogP contribution >= 0.6 is 0 Å². The third-order valence-electron chi connectivity index (χ3n) is 4.39. The van der Waals surface area contributed by atoms with Crippen LogP contribution in [0.25, 0.3) is 0 Å². The topological polar surface area (TPSA) is 70.4 Å². The standard InChI is InChI=1S/C15H22N4O/c16-9-11-2-1-3-13(8-11)17-15(20)18-14-10-19-6-4-12(14)5-7-19/h1-3,8,12,14H,4-7,9-10,16H2,(H2,17,18,20). The highest BCUT2D eigenvalue weighted by Gasteiger charge is 2.34. The first kappa shape index (κ1) is 13.4. The van der Waals surface area contributed by atoms with Crippen LogP contribution in [0.5, 0.6) is 0 Å². The number of amides is 2. The van der Waals surface area contributed by atoms with E-state index in [4.69, 9.17) is 5.73 Å². The number of carbonyl (C=O) groups is 1. The molecule has 5 nitrogen and oxygen atoms in total. The van der Waals surface area contributed by atoms with Gasteiger partial charge in [0.05, 0.1) is 0 Å². The Morgan fingerprint density at radius 1 is 1.35 bits per heavy atom. The molecule has 108 valence electrons. The van der Waals surface area contributed by atoms with E-state index in [-0.39, 0.29) is 12.1 Å². The zero-order valence-electron chi connectivity index (χ0n) is 11.6. The molecule has 2 bridgehead atoms. The van der Waals surface area contributed by atoms with Crippen molar-refractivity contribution in [3.63, 3.8) is 0 Å². The number of nitrogens with zero attached hydrogens (tertiary/aromatic N) is 1. The Kier molecular flexibility index (Phi) is 3.89. The highest BCUT2D eigenvalue weighted by Crippen LogP contribution is 2.27. The van der Waals surface area contributed by atoms with Gasteiger partial charge < -0.3 is 21.3 Å². The largest absolute Gasteiger partial charge is 0.334 e. The lowest BCUT2D eigenvalue weighted by Gasteiger charge is -2.44. The van der Waals surface area contributed by atoms with E-state index in [0.29, 0.717) is 12.5 Å². The van der Waals surface area contributed by atoms with Gasteiger partial charge in [-0.05, 0) is 49.5 Å². The highest BCUT2D eigenvalue weighted by atomic mass is 16.2. The molecule has 5 heteroatoms. The number of benzene rings is 1. The fourth-order valence-corrected chi connectivity index (χ4v) is 3.24. The van der Waals surface area contributed by atoms with Crippen molar-refractivity contribution in [2.24, 2.45) is 11.7 Å². The van der Waals surface area contributed by atoms with Gasteiger partial charge in [-0.25, -0.2) is 4.79 Å². The molecule has 4 rings (SSSR count). The summed E-state index contributed by atoms with van der Waals surface area (Å²) in [7, 11) is 0. The van der Waals surface area contributed by atoms with Crippen LogP contribution in [-0.2, 0) is 6.54 Å². The molecule has 3 fully saturated rings. The fraction of sp³-hybridized carbons (Fsp3) is 0.533. The van der Waals surface area contributed by atoms with E-state index in [9.17, 15) is 4.79 Å². The number of hydrogen-bond donors (Lipinski definition) is 3. The zero-order valence-corrected chi connectivity index (χ0v) is 11.6. The molecule has 1 aromatic carbocycles. The number of nitrogens with two attached hydrogens (primary N) is 1. The smallest absolute Gasteiger partial charge is 0.319 e. The minimum atomic E-state index is -0.113. The number of fused-ring (bicyclic) bond motifs is 3. The van der Waals surface area contributed by atoms with E-state index >= 15 is 0 Å². The maximum atomic E-state index is 12.1. The normalized spacial score (nSPS) is 28.1. The number of anilines is 1. The second-order valence-electron chi connectivity index (χ2n) is 5.75. The molecule has 0 saturated carbocycles. The zero-order chi connectivity index (χ0) is 13.9. The number of rotatable bonds is 3. The monoisotopic (exact) mass is 274 g/mol. The van der Waals surface area contributed by atoms with Gasteiger partial charge >= 0.3 is 6.03 Å². The van der Waals surface area contributed by atoms with Crippen LogP contribution in [0.3, 0.4) is 0 Å². The third-order valence-corrected chi connectivity index (χ3v) is 4.39. The van der Waals surface area contributed by atoms with Crippen LogP contribution in [0.2, 0.25) is 0 Å². The molecule has 3 heterocycles. The summed E-state index contributed by atoms with van der Waals surface area (Å²) in [5.41, 5.74) is 7.42. The van der Waals surface area contributed by atoms with Gasteiger partial charge in [-0.1, -0.05) is 12.1 Å². The molecule has 0 aromatic heterocycles. The lowest BCUT2D eigenvalue weighted by atomic mass is 9.84. The Labute approximate surface area is 119 Å². The van der Waals surface area contributed by atoms with Crippen LogP contribution < -0.4 is 16.4 Å². The van der Waals surface area contributed by atoms with Crippen LogP contribution in [0, 0.1) is 5.92 Å². The first-order chi connectivity index (χ1) is 9.74. The molecule has 0 radical (unpaired) electrons. The highest BCUT2D eigenvalue weighted by molar-refractivity contribution is 5.89. The summed E-state index contributed by atoms with van der Waals surface area (Å²) in [6, 6.07) is 7.83. The Hall–Kier alpha value is -1.59. The van der Waals surface area contributed by atoms with E-state index in [1.165, 1.54) is 25.9 Å². The molecular weight excluding hydrogens is 252 g/mol. The molecule has 2 amide bonds. The Balaban J connectivity index is 1.57. The van der Waals surface area contributed by atoms with E-state index in [0.717, 1.165) is 17.8 Å². The summed E-state index contributed by atoms with van der Waals surface area (Å²) in [4.78, 5) is 14.5. The van der Waals surface area contributed by atoms with Crippen LogP contribution in [-0.4, -0.2) is 36.6 Å². The van der Waals surface area contributed by atoms with E-state index in [1.807, 2.05) is 24.3 Å². The molecule has 1 atom stereocenters. The van der Waals surface area contributed by atoms with Crippen molar-refractivity contribution >= 4 is 11.7 Å². The molecule has 1 unspecified atom stereocenters. The summed E-state index contributed by atoms with van der Waals surface area (Å²) >= 11 is 0. The molecular formula is C15H22N4O. The Bertz CT molecular complexity index is 483. The third kappa shape index (κ3) is 2.94. The van der Waals surface area contributed by atoms with E-state index in [2.05, 4.69) is 15.5 Å². The lowest BCUT2D eigenvalue weighted by molar-refractivity contribution is 0.0777. The van der Waals surface area contributed by atoms with Crippen LogP contribution in [0.1, 0.15) is 18.4 Å². The van der Waals surface area contributed by atoms with Crippen molar-refractivity contribution in [3.8, 4) is 0 Å². The van der Waals surface area contributed by atoms with Gasteiger partial charge in [-0.3, -0.25) is 0 Å². The quantitative estimate of drug-likeness (QED) is 0.779. The Morgan fingerprint density at radius 3 is 2.80 bits per heavy atom. The predicted octanol–water partition coefficient (Wildman–Crippen LogP) is 1.36. The SMILES string of the molecule is NCc1cccc(NC(=O)NC2CN3CCC2CC3)c1. The number of urea groups is 1. The summed E-state index contributed by atoms with van der Waals surface area (Å²) in [5.74, 6) is 0.640. The molecule has 0 aliphatic carbocycles. The fourth-order valence-electron chi connectivity index (χ4n) is 3.24. The average molecular weight is 274 g/mol. The minimum Gasteiger partial charge on any atom is -0.334 e. The average Bonchev–Trinajstić information content (AvgIpc) is 2.48. The molecule has 0 spiro atoms. The molecule has 20 heavy (non-hydrogen) atoms. The van der Waals surface area contributed by atoms with E-state index < -0.39 is 0 Å². The summed E-state index contributed by atoms with van der Waals surface area (Å²) in [6.07, 6.45) is 2.40. The van der Waals surface area contributed by atoms with Crippen molar-refractivity contribution in [1.82, 2.24) is 10.2 Å². The van der Waals surface area contributed by atoms with Gasteiger partial charge in [0.2, 0.25) is 0 Å². The minimum absolute atomic E-state index is 0.113. The van der Waals surface area contributed by atoms with Crippen molar-refractivity contribution in [3.05, 3.63) is 29.8 Å². The predicted molar refractivity (Wildman–Crippen MR) is 79.4 cm³/mol. The van der Waals surface area contributed by atoms with E-state index in [1.54, 1.807) is 0 Å². The number of hydrogen-bond acceptors (Lipinski definition) is 3.